The first-order valence-electron chi connectivity index (χ1n) is 7.52. The molecule has 0 unspecified atom stereocenters. The molecule has 0 aliphatic heterocycles. The Bertz CT molecular complexity index is 805. The summed E-state index contributed by atoms with van der Waals surface area (Å²) in [6.07, 6.45) is 3.19. The maximum atomic E-state index is 12.5. The summed E-state index contributed by atoms with van der Waals surface area (Å²) < 4.78 is 32.6. The molecule has 130 valence electrons. The maximum Gasteiger partial charge on any atom is 0.263 e. The van der Waals surface area contributed by atoms with Crippen molar-refractivity contribution in [1.29, 1.82) is 0 Å². The molecule has 2 aromatic carbocycles. The number of nitrogens with one attached hydrogen (secondary N) is 1. The second kappa shape index (κ2) is 8.10. The number of unbranched alkanes of at least 4 members (excludes halogenated alkanes) is 1. The van der Waals surface area contributed by atoms with Crippen molar-refractivity contribution in [3.05, 3.63) is 52.0 Å². The van der Waals surface area contributed by atoms with Crippen LogP contribution in [-0.4, -0.2) is 15.5 Å². The third-order valence-corrected chi connectivity index (χ3v) is 5.95. The molecule has 0 aromatic heterocycles. The third-order valence-electron chi connectivity index (χ3n) is 3.55. The minimum Gasteiger partial charge on any atom is -0.495 e. The van der Waals surface area contributed by atoms with Gasteiger partial charge in [-0.1, -0.05) is 48.7 Å². The van der Waals surface area contributed by atoms with Crippen molar-refractivity contribution < 1.29 is 13.2 Å². The predicted molar refractivity (Wildman–Crippen MR) is 98.9 cm³/mol. The Morgan fingerprint density at radius 2 is 1.71 bits per heavy atom. The molecule has 2 rings (SSSR count). The number of benzene rings is 2. The van der Waals surface area contributed by atoms with E-state index >= 15 is 0 Å². The van der Waals surface area contributed by atoms with Crippen molar-refractivity contribution in [1.82, 2.24) is 0 Å². The largest absolute Gasteiger partial charge is 0.495 e. The van der Waals surface area contributed by atoms with Gasteiger partial charge in [0.2, 0.25) is 0 Å². The number of halogens is 2. The lowest BCUT2D eigenvalue weighted by Gasteiger charge is -2.12. The topological polar surface area (TPSA) is 55.4 Å². The van der Waals surface area contributed by atoms with E-state index in [1.807, 2.05) is 12.1 Å². The number of aryl methyl sites for hydroxylation is 1. The van der Waals surface area contributed by atoms with Crippen molar-refractivity contribution in [3.8, 4) is 5.75 Å². The lowest BCUT2D eigenvalue weighted by molar-refractivity contribution is 0.414. The van der Waals surface area contributed by atoms with Gasteiger partial charge in [0.15, 0.2) is 0 Å². The number of rotatable bonds is 7. The molecule has 2 aromatic rings. The molecule has 0 fully saturated rings. The predicted octanol–water partition coefficient (Wildman–Crippen LogP) is 5.15. The van der Waals surface area contributed by atoms with Crippen LogP contribution in [0, 0.1) is 0 Å². The zero-order valence-corrected chi connectivity index (χ0v) is 15.8. The summed E-state index contributed by atoms with van der Waals surface area (Å²) in [6, 6.07) is 10.1. The number of sulfonamides is 1. The molecule has 0 aliphatic carbocycles. The van der Waals surface area contributed by atoms with E-state index in [1.165, 1.54) is 24.8 Å². The maximum absolute atomic E-state index is 12.5. The number of methoxy groups -OCH3 is 1. The molecule has 0 aliphatic rings. The van der Waals surface area contributed by atoms with Gasteiger partial charge in [0.05, 0.1) is 12.1 Å². The van der Waals surface area contributed by atoms with E-state index < -0.39 is 10.0 Å². The molecule has 0 radical (unpaired) electrons. The first-order chi connectivity index (χ1) is 11.4. The molecule has 4 nitrogen and oxygen atoms in total. The standard InChI is InChI=1S/C17H19Cl2NO3S/c1-3-4-5-12-6-8-13(9-7-12)20-24(21,22)15-11-10-14(23-2)16(18)17(15)19/h6-11,20H,3-5H2,1-2H3. The van der Waals surface area contributed by atoms with Gasteiger partial charge in [0.1, 0.15) is 15.7 Å². The van der Waals surface area contributed by atoms with Gasteiger partial charge >= 0.3 is 0 Å². The fraction of sp³-hybridized carbons (Fsp3) is 0.294. The zero-order valence-electron chi connectivity index (χ0n) is 13.5. The number of ether oxygens (including phenoxy) is 1. The summed E-state index contributed by atoms with van der Waals surface area (Å²) in [4.78, 5) is -0.0926. The van der Waals surface area contributed by atoms with Crippen LogP contribution in [0.1, 0.15) is 25.3 Å². The highest BCUT2D eigenvalue weighted by Crippen LogP contribution is 2.37. The van der Waals surface area contributed by atoms with Crippen LogP contribution in [0.4, 0.5) is 5.69 Å². The van der Waals surface area contributed by atoms with Crippen LogP contribution >= 0.6 is 23.2 Å². The van der Waals surface area contributed by atoms with E-state index in [2.05, 4.69) is 11.6 Å². The second-order valence-electron chi connectivity index (χ2n) is 5.30. The van der Waals surface area contributed by atoms with Crippen molar-refractivity contribution in [2.45, 2.75) is 31.1 Å². The van der Waals surface area contributed by atoms with Crippen molar-refractivity contribution in [2.24, 2.45) is 0 Å². The van der Waals surface area contributed by atoms with Gasteiger partial charge in [0, 0.05) is 5.69 Å². The molecule has 1 N–H and O–H groups in total. The summed E-state index contributed by atoms with van der Waals surface area (Å²) in [5, 5.41) is 0.0000350. The van der Waals surface area contributed by atoms with E-state index in [0.717, 1.165) is 19.3 Å². The Hall–Kier alpha value is -1.43. The third kappa shape index (κ3) is 4.35. The van der Waals surface area contributed by atoms with Crippen LogP contribution in [0.15, 0.2) is 41.3 Å². The lowest BCUT2D eigenvalue weighted by Crippen LogP contribution is -2.13. The fourth-order valence-electron chi connectivity index (χ4n) is 2.21. The number of anilines is 1. The molecule has 0 heterocycles. The Morgan fingerprint density at radius 1 is 1.04 bits per heavy atom. The van der Waals surface area contributed by atoms with Gasteiger partial charge < -0.3 is 4.74 Å². The highest BCUT2D eigenvalue weighted by atomic mass is 35.5. The SMILES string of the molecule is CCCCc1ccc(NS(=O)(=O)c2ccc(OC)c(Cl)c2Cl)cc1. The van der Waals surface area contributed by atoms with Crippen molar-refractivity contribution in [2.75, 3.05) is 11.8 Å². The van der Waals surface area contributed by atoms with E-state index in [0.29, 0.717) is 11.4 Å². The number of hydrogen-bond donors (Lipinski definition) is 1. The van der Waals surface area contributed by atoms with Crippen LogP contribution in [-0.2, 0) is 16.4 Å². The average molecular weight is 388 g/mol. The van der Waals surface area contributed by atoms with Gasteiger partial charge in [-0.3, -0.25) is 4.72 Å². The van der Waals surface area contributed by atoms with Crippen LogP contribution < -0.4 is 9.46 Å². The quantitative estimate of drug-likeness (QED) is 0.714. The van der Waals surface area contributed by atoms with E-state index in [-0.39, 0.29) is 14.9 Å². The van der Waals surface area contributed by atoms with E-state index in [1.54, 1.807) is 12.1 Å². The smallest absolute Gasteiger partial charge is 0.263 e. The zero-order chi connectivity index (χ0) is 17.7. The van der Waals surface area contributed by atoms with E-state index in [4.69, 9.17) is 27.9 Å². The van der Waals surface area contributed by atoms with Crippen LogP contribution in [0.5, 0.6) is 5.75 Å². The first-order valence-corrected chi connectivity index (χ1v) is 9.76. The molecule has 7 heteroatoms. The molecule has 24 heavy (non-hydrogen) atoms. The normalized spacial score (nSPS) is 11.3. The van der Waals surface area contributed by atoms with E-state index in [9.17, 15) is 8.42 Å². The molecule has 0 amide bonds. The Balaban J connectivity index is 2.24. The second-order valence-corrected chi connectivity index (χ2v) is 7.71. The average Bonchev–Trinajstić information content (AvgIpc) is 2.56. The molecular formula is C17H19Cl2NO3S. The van der Waals surface area contributed by atoms with Gasteiger partial charge in [-0.15, -0.1) is 0 Å². The summed E-state index contributed by atoms with van der Waals surface area (Å²) in [7, 11) is -2.41. The minimum atomic E-state index is -3.84. The highest BCUT2D eigenvalue weighted by molar-refractivity contribution is 7.92. The monoisotopic (exact) mass is 387 g/mol. The highest BCUT2D eigenvalue weighted by Gasteiger charge is 2.22. The molecule has 0 saturated carbocycles. The van der Waals surface area contributed by atoms with Gasteiger partial charge in [0.25, 0.3) is 10.0 Å². The summed E-state index contributed by atoms with van der Waals surface area (Å²) >= 11 is 12.1. The fourth-order valence-corrected chi connectivity index (χ4v) is 4.11. The Labute approximate surface area is 152 Å². The van der Waals surface area contributed by atoms with Crippen molar-refractivity contribution >= 4 is 38.9 Å². The van der Waals surface area contributed by atoms with Gasteiger partial charge in [-0.25, -0.2) is 8.42 Å². The Kier molecular flexibility index (Phi) is 6.38. The summed E-state index contributed by atoms with van der Waals surface area (Å²) in [6.45, 7) is 2.13. The lowest BCUT2D eigenvalue weighted by atomic mass is 10.1. The van der Waals surface area contributed by atoms with Crippen molar-refractivity contribution in [3.63, 3.8) is 0 Å². The number of hydrogen-bond acceptors (Lipinski definition) is 3. The molecular weight excluding hydrogens is 369 g/mol. The summed E-state index contributed by atoms with van der Waals surface area (Å²) in [5.41, 5.74) is 1.64. The molecule has 0 spiro atoms. The van der Waals surface area contributed by atoms with Crippen LogP contribution in [0.25, 0.3) is 0 Å². The Morgan fingerprint density at radius 3 is 2.29 bits per heavy atom. The van der Waals surface area contributed by atoms with Gasteiger partial charge in [-0.05, 0) is 42.7 Å². The minimum absolute atomic E-state index is 0.0666. The molecule has 0 saturated heterocycles. The van der Waals surface area contributed by atoms with Crippen LogP contribution in [0.3, 0.4) is 0 Å². The molecule has 0 bridgehead atoms. The van der Waals surface area contributed by atoms with Gasteiger partial charge in [-0.2, -0.15) is 0 Å². The first kappa shape index (κ1) is 18.9. The molecule has 0 atom stereocenters. The van der Waals surface area contributed by atoms with Crippen LogP contribution in [0.2, 0.25) is 10.0 Å². The summed E-state index contributed by atoms with van der Waals surface area (Å²) in [5.74, 6) is 0.320.